The Hall–Kier alpha value is -0.450. The largest absolute Gasteiger partial charge is 0.384 e. The fourth-order valence-electron chi connectivity index (χ4n) is 1.20. The van der Waals surface area contributed by atoms with Gasteiger partial charge in [-0.1, -0.05) is 0 Å². The van der Waals surface area contributed by atoms with E-state index in [9.17, 15) is 0 Å². The predicted molar refractivity (Wildman–Crippen MR) is 59.7 cm³/mol. The van der Waals surface area contributed by atoms with Gasteiger partial charge in [0.25, 0.3) is 0 Å². The Morgan fingerprint density at radius 1 is 1.57 bits per heavy atom. The van der Waals surface area contributed by atoms with Crippen LogP contribution in [0.15, 0.2) is 5.38 Å². The lowest BCUT2D eigenvalue weighted by atomic mass is 10.0. The normalized spacial score (nSPS) is 12.0. The van der Waals surface area contributed by atoms with Gasteiger partial charge >= 0.3 is 0 Å². The number of nitrogens with zero attached hydrogens (tertiary/aromatic N) is 1. The first-order valence-corrected chi connectivity index (χ1v) is 5.60. The van der Waals surface area contributed by atoms with Crippen molar-refractivity contribution < 1.29 is 4.74 Å². The number of nitrogens with two attached hydrogens (primary N) is 1. The fourth-order valence-corrected chi connectivity index (χ4v) is 1.98. The predicted octanol–water partition coefficient (Wildman–Crippen LogP) is 1.61. The minimum Gasteiger partial charge on any atom is -0.384 e. The van der Waals surface area contributed by atoms with Crippen molar-refractivity contribution in [2.24, 2.45) is 5.73 Å². The van der Waals surface area contributed by atoms with Gasteiger partial charge in [0, 0.05) is 30.9 Å². The summed E-state index contributed by atoms with van der Waals surface area (Å²) in [7, 11) is 1.71. The third-order valence-electron chi connectivity index (χ3n) is 1.76. The van der Waals surface area contributed by atoms with E-state index >= 15 is 0 Å². The van der Waals surface area contributed by atoms with Crippen LogP contribution in [0, 0.1) is 0 Å². The Kier molecular flexibility index (Phi) is 4.04. The average molecular weight is 214 g/mol. The van der Waals surface area contributed by atoms with Crippen LogP contribution in [0.25, 0.3) is 0 Å². The molecule has 4 heteroatoms. The number of rotatable bonds is 5. The van der Waals surface area contributed by atoms with Crippen LogP contribution in [0.2, 0.25) is 0 Å². The highest BCUT2D eigenvalue weighted by Crippen LogP contribution is 2.14. The van der Waals surface area contributed by atoms with E-state index in [1.807, 2.05) is 13.8 Å². The molecule has 0 aliphatic rings. The summed E-state index contributed by atoms with van der Waals surface area (Å²) in [6.45, 7) is 4.77. The van der Waals surface area contributed by atoms with E-state index in [0.29, 0.717) is 0 Å². The first kappa shape index (κ1) is 11.6. The van der Waals surface area contributed by atoms with Crippen LogP contribution in [-0.4, -0.2) is 24.2 Å². The van der Waals surface area contributed by atoms with Gasteiger partial charge in [-0.3, -0.25) is 0 Å². The lowest BCUT2D eigenvalue weighted by molar-refractivity contribution is 0.202. The van der Waals surface area contributed by atoms with Gasteiger partial charge in [-0.05, 0) is 13.8 Å². The van der Waals surface area contributed by atoms with Gasteiger partial charge in [0.2, 0.25) is 0 Å². The topological polar surface area (TPSA) is 48.1 Å². The number of aromatic nitrogens is 1. The molecule has 0 spiro atoms. The molecule has 0 radical (unpaired) electrons. The molecule has 1 rings (SSSR count). The summed E-state index contributed by atoms with van der Waals surface area (Å²) in [4.78, 5) is 4.49. The average Bonchev–Trinajstić information content (AvgIpc) is 2.46. The molecule has 0 saturated carbocycles. The highest BCUT2D eigenvalue weighted by molar-refractivity contribution is 7.09. The molecule has 0 saturated heterocycles. The molecule has 80 valence electrons. The monoisotopic (exact) mass is 214 g/mol. The summed E-state index contributed by atoms with van der Waals surface area (Å²) in [5.74, 6) is 0. The highest BCUT2D eigenvalue weighted by atomic mass is 32.1. The van der Waals surface area contributed by atoms with E-state index in [-0.39, 0.29) is 5.54 Å². The van der Waals surface area contributed by atoms with E-state index in [4.69, 9.17) is 10.5 Å². The molecule has 0 aliphatic carbocycles. The lowest BCUT2D eigenvalue weighted by Gasteiger charge is -2.16. The third-order valence-corrected chi connectivity index (χ3v) is 2.71. The van der Waals surface area contributed by atoms with Crippen LogP contribution in [0.5, 0.6) is 0 Å². The molecule has 1 aromatic heterocycles. The molecule has 0 atom stereocenters. The van der Waals surface area contributed by atoms with Gasteiger partial charge in [-0.15, -0.1) is 11.3 Å². The van der Waals surface area contributed by atoms with E-state index in [0.717, 1.165) is 30.2 Å². The van der Waals surface area contributed by atoms with Gasteiger partial charge < -0.3 is 10.5 Å². The van der Waals surface area contributed by atoms with Crippen molar-refractivity contribution in [2.45, 2.75) is 32.2 Å². The van der Waals surface area contributed by atoms with Crippen molar-refractivity contribution in [2.75, 3.05) is 13.7 Å². The molecular formula is C10H18N2OS. The summed E-state index contributed by atoms with van der Waals surface area (Å²) in [6, 6.07) is 0. The molecule has 0 aliphatic heterocycles. The minimum absolute atomic E-state index is 0.174. The Morgan fingerprint density at radius 2 is 2.29 bits per heavy atom. The number of ether oxygens (including phenoxy) is 1. The van der Waals surface area contributed by atoms with E-state index in [1.165, 1.54) is 0 Å². The third kappa shape index (κ3) is 4.17. The summed E-state index contributed by atoms with van der Waals surface area (Å²) in [5.41, 5.74) is 6.83. The summed E-state index contributed by atoms with van der Waals surface area (Å²) < 4.78 is 5.00. The van der Waals surface area contributed by atoms with Gasteiger partial charge in [-0.25, -0.2) is 4.98 Å². The number of hydrogen-bond acceptors (Lipinski definition) is 4. The van der Waals surface area contributed by atoms with Crippen molar-refractivity contribution >= 4 is 11.3 Å². The van der Waals surface area contributed by atoms with E-state index in [1.54, 1.807) is 18.4 Å². The smallest absolute Gasteiger partial charge is 0.0951 e. The maximum absolute atomic E-state index is 5.92. The molecule has 0 amide bonds. The number of hydrogen-bond donors (Lipinski definition) is 1. The second-order valence-electron chi connectivity index (χ2n) is 4.14. The maximum atomic E-state index is 5.92. The molecule has 0 aromatic carbocycles. The van der Waals surface area contributed by atoms with Crippen molar-refractivity contribution in [1.82, 2.24) is 4.98 Å². The van der Waals surface area contributed by atoms with Crippen molar-refractivity contribution in [3.8, 4) is 0 Å². The van der Waals surface area contributed by atoms with Crippen LogP contribution < -0.4 is 5.73 Å². The molecule has 0 unspecified atom stereocenters. The SMILES string of the molecule is COCCc1nc(CC(C)(C)N)cs1. The molecule has 0 bridgehead atoms. The molecule has 3 nitrogen and oxygen atoms in total. The first-order valence-electron chi connectivity index (χ1n) is 4.72. The minimum atomic E-state index is -0.174. The summed E-state index contributed by atoms with van der Waals surface area (Å²) in [6.07, 6.45) is 1.72. The van der Waals surface area contributed by atoms with Crippen LogP contribution in [-0.2, 0) is 17.6 Å². The summed E-state index contributed by atoms with van der Waals surface area (Å²) in [5, 5.41) is 3.21. The van der Waals surface area contributed by atoms with Crippen molar-refractivity contribution in [3.05, 3.63) is 16.1 Å². The van der Waals surface area contributed by atoms with Gasteiger partial charge in [-0.2, -0.15) is 0 Å². The van der Waals surface area contributed by atoms with Crippen LogP contribution in [0.4, 0.5) is 0 Å². The van der Waals surface area contributed by atoms with Crippen LogP contribution in [0.1, 0.15) is 24.5 Å². The Bertz CT molecular complexity index is 278. The van der Waals surface area contributed by atoms with Gasteiger partial charge in [0.1, 0.15) is 0 Å². The molecular weight excluding hydrogens is 196 g/mol. The molecule has 2 N–H and O–H groups in total. The Labute approximate surface area is 89.3 Å². The second-order valence-corrected chi connectivity index (χ2v) is 5.08. The zero-order chi connectivity index (χ0) is 10.6. The zero-order valence-electron chi connectivity index (χ0n) is 9.04. The molecule has 14 heavy (non-hydrogen) atoms. The highest BCUT2D eigenvalue weighted by Gasteiger charge is 2.13. The first-order chi connectivity index (χ1) is 6.51. The molecule has 0 fully saturated rings. The van der Waals surface area contributed by atoms with Crippen molar-refractivity contribution in [3.63, 3.8) is 0 Å². The van der Waals surface area contributed by atoms with Gasteiger partial charge in [0.05, 0.1) is 17.3 Å². The zero-order valence-corrected chi connectivity index (χ0v) is 9.86. The summed E-state index contributed by atoms with van der Waals surface area (Å²) >= 11 is 1.68. The van der Waals surface area contributed by atoms with Crippen LogP contribution >= 0.6 is 11.3 Å². The quantitative estimate of drug-likeness (QED) is 0.810. The standard InChI is InChI=1S/C10H18N2OS/c1-10(2,11)6-8-7-14-9(12-8)4-5-13-3/h7H,4-6,11H2,1-3H3. The maximum Gasteiger partial charge on any atom is 0.0951 e. The number of methoxy groups -OCH3 is 1. The number of thiazole rings is 1. The van der Waals surface area contributed by atoms with Crippen LogP contribution in [0.3, 0.4) is 0 Å². The fraction of sp³-hybridized carbons (Fsp3) is 0.700. The Morgan fingerprint density at radius 3 is 2.86 bits per heavy atom. The molecule has 1 heterocycles. The van der Waals surface area contributed by atoms with Gasteiger partial charge in [0.15, 0.2) is 0 Å². The Balaban J connectivity index is 2.51. The molecule has 1 aromatic rings. The van der Waals surface area contributed by atoms with E-state index in [2.05, 4.69) is 10.4 Å². The van der Waals surface area contributed by atoms with E-state index < -0.39 is 0 Å². The van der Waals surface area contributed by atoms with Crippen molar-refractivity contribution in [1.29, 1.82) is 0 Å². The second kappa shape index (κ2) is 4.87. The lowest BCUT2D eigenvalue weighted by Crippen LogP contribution is -2.34.